The third-order valence-corrected chi connectivity index (χ3v) is 1.62. The van der Waals surface area contributed by atoms with Gasteiger partial charge >= 0.3 is 6.09 Å². The van der Waals surface area contributed by atoms with Crippen molar-refractivity contribution in [1.29, 1.82) is 0 Å². The quantitative estimate of drug-likeness (QED) is 0.565. The number of amides is 1. The van der Waals surface area contributed by atoms with Crippen LogP contribution in [0, 0.1) is 0 Å². The summed E-state index contributed by atoms with van der Waals surface area (Å²) in [5.74, 6) is 0. The van der Waals surface area contributed by atoms with E-state index in [2.05, 4.69) is 5.32 Å². The molecule has 10 heavy (non-hydrogen) atoms. The van der Waals surface area contributed by atoms with Crippen LogP contribution in [0.3, 0.4) is 0 Å². The van der Waals surface area contributed by atoms with Crippen molar-refractivity contribution in [3.05, 3.63) is 0 Å². The first-order valence-electron chi connectivity index (χ1n) is 3.31. The minimum absolute atomic E-state index is 0.230. The molecule has 1 rings (SSSR count). The minimum Gasteiger partial charge on any atom is -0.447 e. The number of rotatable bonds is 2. The predicted octanol–water partition coefficient (Wildman–Crippen LogP) is -0.166. The van der Waals surface area contributed by atoms with Gasteiger partial charge in [0.05, 0.1) is 5.54 Å². The number of hydrogen-bond acceptors (Lipinski definition) is 3. The second kappa shape index (κ2) is 2.46. The summed E-state index contributed by atoms with van der Waals surface area (Å²) in [6.45, 7) is 2.92. The summed E-state index contributed by atoms with van der Waals surface area (Å²) in [5, 5.41) is 2.69. The highest BCUT2D eigenvalue weighted by Crippen LogP contribution is 2.14. The highest BCUT2D eigenvalue weighted by atomic mass is 16.6. The zero-order valence-corrected chi connectivity index (χ0v) is 6.02. The van der Waals surface area contributed by atoms with E-state index in [-0.39, 0.29) is 11.6 Å². The van der Waals surface area contributed by atoms with Gasteiger partial charge in [0.15, 0.2) is 0 Å². The van der Waals surface area contributed by atoms with Crippen molar-refractivity contribution in [2.75, 3.05) is 13.2 Å². The molecule has 1 aliphatic rings. The Morgan fingerprint density at radius 1 is 1.90 bits per heavy atom. The van der Waals surface area contributed by atoms with Gasteiger partial charge in [-0.15, -0.1) is 0 Å². The maximum Gasteiger partial charge on any atom is 0.407 e. The zero-order chi connectivity index (χ0) is 7.61. The number of cyclic esters (lactones) is 1. The fraction of sp³-hybridized carbons (Fsp3) is 0.833. The molecular weight excluding hydrogens is 132 g/mol. The van der Waals surface area contributed by atoms with Crippen molar-refractivity contribution >= 4 is 6.09 Å². The molecule has 0 aromatic rings. The van der Waals surface area contributed by atoms with E-state index in [4.69, 9.17) is 10.5 Å². The first kappa shape index (κ1) is 7.34. The standard InChI is InChI=1S/C6H12N2O2/c1-6(2-3-7)4-10-5(9)8-6/h2-4,7H2,1H3,(H,8,9). The van der Waals surface area contributed by atoms with Crippen molar-refractivity contribution in [1.82, 2.24) is 5.32 Å². The van der Waals surface area contributed by atoms with Gasteiger partial charge in [-0.2, -0.15) is 0 Å². The molecule has 0 radical (unpaired) electrons. The van der Waals surface area contributed by atoms with Gasteiger partial charge in [0, 0.05) is 0 Å². The first-order chi connectivity index (χ1) is 4.66. The molecule has 0 aromatic carbocycles. The molecule has 58 valence electrons. The van der Waals surface area contributed by atoms with Crippen LogP contribution in [0.4, 0.5) is 4.79 Å². The molecule has 0 saturated carbocycles. The Kier molecular flexibility index (Phi) is 1.80. The van der Waals surface area contributed by atoms with Gasteiger partial charge in [0.1, 0.15) is 6.61 Å². The van der Waals surface area contributed by atoms with E-state index in [1.54, 1.807) is 0 Å². The maximum absolute atomic E-state index is 10.6. The number of ether oxygens (including phenoxy) is 1. The fourth-order valence-corrected chi connectivity index (χ4v) is 0.997. The smallest absolute Gasteiger partial charge is 0.407 e. The largest absolute Gasteiger partial charge is 0.447 e. The Labute approximate surface area is 59.7 Å². The summed E-state index contributed by atoms with van der Waals surface area (Å²) in [6.07, 6.45) is 0.426. The van der Waals surface area contributed by atoms with Crippen molar-refractivity contribution in [3.63, 3.8) is 0 Å². The van der Waals surface area contributed by atoms with Gasteiger partial charge in [0.2, 0.25) is 0 Å². The predicted molar refractivity (Wildman–Crippen MR) is 36.6 cm³/mol. The number of nitrogens with two attached hydrogens (primary N) is 1. The Morgan fingerprint density at radius 3 is 3.00 bits per heavy atom. The van der Waals surface area contributed by atoms with Gasteiger partial charge in [0.25, 0.3) is 0 Å². The highest BCUT2D eigenvalue weighted by molar-refractivity contribution is 5.70. The Bertz CT molecular complexity index is 149. The highest BCUT2D eigenvalue weighted by Gasteiger charge is 2.33. The lowest BCUT2D eigenvalue weighted by atomic mass is 10.0. The molecule has 0 spiro atoms. The summed E-state index contributed by atoms with van der Waals surface area (Å²) in [7, 11) is 0. The van der Waals surface area contributed by atoms with Crippen LogP contribution in [0.15, 0.2) is 0 Å². The van der Waals surface area contributed by atoms with Gasteiger partial charge in [-0.3, -0.25) is 0 Å². The molecule has 1 amide bonds. The number of carbonyl (C=O) groups is 1. The van der Waals surface area contributed by atoms with Crippen LogP contribution in [0.1, 0.15) is 13.3 Å². The van der Waals surface area contributed by atoms with Crippen molar-refractivity contribution < 1.29 is 9.53 Å². The molecule has 1 heterocycles. The SMILES string of the molecule is CC1(CCN)COC(=O)N1. The molecule has 1 atom stereocenters. The van der Waals surface area contributed by atoms with Crippen LogP contribution in [0.2, 0.25) is 0 Å². The topological polar surface area (TPSA) is 64.3 Å². The van der Waals surface area contributed by atoms with Crippen molar-refractivity contribution in [2.24, 2.45) is 5.73 Å². The molecule has 0 bridgehead atoms. The van der Waals surface area contributed by atoms with Crippen molar-refractivity contribution in [2.45, 2.75) is 18.9 Å². The Balaban J connectivity index is 2.46. The average Bonchev–Trinajstić information content (AvgIpc) is 2.12. The van der Waals surface area contributed by atoms with Crippen LogP contribution in [-0.2, 0) is 4.74 Å². The summed E-state index contributed by atoms with van der Waals surface area (Å²) in [6, 6.07) is 0. The minimum atomic E-state index is -0.337. The van der Waals surface area contributed by atoms with Gasteiger partial charge < -0.3 is 15.8 Å². The first-order valence-corrected chi connectivity index (χ1v) is 3.31. The summed E-state index contributed by atoms with van der Waals surface area (Å²) in [5.41, 5.74) is 5.10. The summed E-state index contributed by atoms with van der Waals surface area (Å²) >= 11 is 0. The Morgan fingerprint density at radius 2 is 2.60 bits per heavy atom. The summed E-state index contributed by atoms with van der Waals surface area (Å²) in [4.78, 5) is 10.6. The van der Waals surface area contributed by atoms with Crippen LogP contribution in [-0.4, -0.2) is 24.8 Å². The Hall–Kier alpha value is -0.770. The fourth-order valence-electron chi connectivity index (χ4n) is 0.997. The van der Waals surface area contributed by atoms with Gasteiger partial charge in [-0.05, 0) is 19.9 Å². The molecule has 1 aliphatic heterocycles. The molecule has 1 saturated heterocycles. The third kappa shape index (κ3) is 1.39. The van der Waals surface area contributed by atoms with E-state index in [1.165, 1.54) is 0 Å². The van der Waals surface area contributed by atoms with E-state index < -0.39 is 0 Å². The number of hydrogen-bond donors (Lipinski definition) is 2. The van der Waals surface area contributed by atoms with Crippen molar-refractivity contribution in [3.8, 4) is 0 Å². The van der Waals surface area contributed by atoms with Crippen LogP contribution < -0.4 is 11.1 Å². The number of nitrogens with one attached hydrogen (secondary N) is 1. The molecule has 1 fully saturated rings. The lowest BCUT2D eigenvalue weighted by molar-refractivity contribution is 0.172. The molecule has 3 N–H and O–H groups in total. The molecule has 1 unspecified atom stereocenters. The van der Waals surface area contributed by atoms with Gasteiger partial charge in [-0.25, -0.2) is 4.79 Å². The summed E-state index contributed by atoms with van der Waals surface area (Å²) < 4.78 is 4.72. The number of alkyl carbamates (subject to hydrolysis) is 1. The monoisotopic (exact) mass is 144 g/mol. The van der Waals surface area contributed by atoms with Crippen LogP contribution in [0.25, 0.3) is 0 Å². The lowest BCUT2D eigenvalue weighted by Crippen LogP contribution is -2.41. The third-order valence-electron chi connectivity index (χ3n) is 1.62. The number of carbonyl (C=O) groups excluding carboxylic acids is 1. The molecule has 4 heteroatoms. The maximum atomic E-state index is 10.6. The molecule has 0 aromatic heterocycles. The average molecular weight is 144 g/mol. The zero-order valence-electron chi connectivity index (χ0n) is 6.02. The second-order valence-electron chi connectivity index (χ2n) is 2.80. The van der Waals surface area contributed by atoms with Crippen LogP contribution >= 0.6 is 0 Å². The van der Waals surface area contributed by atoms with E-state index in [0.717, 1.165) is 6.42 Å². The molecular formula is C6H12N2O2. The molecule has 4 nitrogen and oxygen atoms in total. The molecule has 0 aliphatic carbocycles. The van der Waals surface area contributed by atoms with E-state index in [0.29, 0.717) is 13.2 Å². The lowest BCUT2D eigenvalue weighted by Gasteiger charge is -2.18. The van der Waals surface area contributed by atoms with Gasteiger partial charge in [-0.1, -0.05) is 0 Å². The second-order valence-corrected chi connectivity index (χ2v) is 2.80. The van der Waals surface area contributed by atoms with E-state index >= 15 is 0 Å². The normalized spacial score (nSPS) is 31.6. The van der Waals surface area contributed by atoms with E-state index in [9.17, 15) is 4.79 Å². The van der Waals surface area contributed by atoms with E-state index in [1.807, 2.05) is 6.92 Å². The van der Waals surface area contributed by atoms with Crippen LogP contribution in [0.5, 0.6) is 0 Å².